The molecule has 2 bridgehead atoms. The van der Waals surface area contributed by atoms with E-state index in [0.29, 0.717) is 22.9 Å². The summed E-state index contributed by atoms with van der Waals surface area (Å²) in [5.41, 5.74) is 5.11. The number of imide groups is 1. The van der Waals surface area contributed by atoms with E-state index >= 15 is 0 Å². The average Bonchev–Trinajstić information content (AvgIpc) is 3.33. The second-order valence-corrected chi connectivity index (χ2v) is 11.0. The van der Waals surface area contributed by atoms with Crippen molar-refractivity contribution >= 4 is 35.1 Å². The summed E-state index contributed by atoms with van der Waals surface area (Å²) in [6, 6.07) is 27.2. The quantitative estimate of drug-likeness (QED) is 0.242. The number of nitrogens with one attached hydrogen (secondary N) is 1. The number of carbonyl (C=O) groups is 4. The summed E-state index contributed by atoms with van der Waals surface area (Å²) in [5, 5.41) is 2.65. The fourth-order valence-corrected chi connectivity index (χ4v) is 7.02. The smallest absolute Gasteiger partial charge is 0.338 e. The molecule has 0 saturated carbocycles. The van der Waals surface area contributed by atoms with Crippen LogP contribution in [0.2, 0.25) is 0 Å². The molecule has 1 heterocycles. The fourth-order valence-electron chi connectivity index (χ4n) is 7.02. The summed E-state index contributed by atoms with van der Waals surface area (Å²) in [7, 11) is 2.97. The van der Waals surface area contributed by atoms with Crippen molar-refractivity contribution in [1.82, 2.24) is 0 Å². The van der Waals surface area contributed by atoms with Crippen molar-refractivity contribution in [3.8, 4) is 11.5 Å². The van der Waals surface area contributed by atoms with Crippen LogP contribution in [-0.4, -0.2) is 44.5 Å². The number of carbonyl (C=O) groups excluding carboxylic acids is 4. The van der Waals surface area contributed by atoms with Crippen LogP contribution in [0.4, 0.5) is 11.4 Å². The highest BCUT2D eigenvalue weighted by Gasteiger charge is 2.61. The monoisotopic (exact) mass is 588 g/mol. The molecule has 1 N–H and O–H groups in total. The maximum Gasteiger partial charge on any atom is 0.338 e. The van der Waals surface area contributed by atoms with E-state index < -0.39 is 30.3 Å². The zero-order chi connectivity index (χ0) is 30.5. The third-order valence-electron chi connectivity index (χ3n) is 8.80. The van der Waals surface area contributed by atoms with E-state index in [1.165, 1.54) is 31.3 Å². The molecule has 0 radical (unpaired) electrons. The van der Waals surface area contributed by atoms with Crippen LogP contribution in [0.5, 0.6) is 11.5 Å². The predicted molar refractivity (Wildman–Crippen MR) is 161 cm³/mol. The minimum Gasteiger partial charge on any atom is -0.497 e. The molecule has 8 rings (SSSR count). The van der Waals surface area contributed by atoms with Gasteiger partial charge in [-0.25, -0.2) is 9.69 Å². The SMILES string of the molecule is COc1ccc(OC)c(NC(=O)COC(=O)c2cccc(N3C(=O)[C@@H]4C5c6ccccc6C(c6ccccc65)[C@@H]4C3=O)c2)c1. The van der Waals surface area contributed by atoms with Gasteiger partial charge in [0.2, 0.25) is 11.8 Å². The van der Waals surface area contributed by atoms with E-state index in [9.17, 15) is 19.2 Å². The van der Waals surface area contributed by atoms with E-state index in [4.69, 9.17) is 14.2 Å². The van der Waals surface area contributed by atoms with Crippen molar-refractivity contribution < 1.29 is 33.4 Å². The summed E-state index contributed by atoms with van der Waals surface area (Å²) >= 11 is 0. The molecule has 3 aliphatic carbocycles. The Labute approximate surface area is 253 Å². The molecule has 1 fully saturated rings. The largest absolute Gasteiger partial charge is 0.497 e. The third kappa shape index (κ3) is 4.23. The van der Waals surface area contributed by atoms with Gasteiger partial charge < -0.3 is 19.5 Å². The van der Waals surface area contributed by atoms with Gasteiger partial charge in [0, 0.05) is 17.9 Å². The second-order valence-electron chi connectivity index (χ2n) is 11.0. The van der Waals surface area contributed by atoms with Crippen LogP contribution in [0.15, 0.2) is 91.0 Å². The van der Waals surface area contributed by atoms with E-state index in [2.05, 4.69) is 29.6 Å². The number of benzene rings is 4. The Hall–Kier alpha value is -5.44. The number of hydrogen-bond acceptors (Lipinski definition) is 7. The number of esters is 1. The van der Waals surface area contributed by atoms with Gasteiger partial charge in [0.05, 0.1) is 43.0 Å². The molecule has 2 atom stereocenters. The minimum absolute atomic E-state index is 0.110. The maximum absolute atomic E-state index is 14.0. The molecule has 44 heavy (non-hydrogen) atoms. The lowest BCUT2D eigenvalue weighted by Crippen LogP contribution is -2.41. The molecule has 220 valence electrons. The Morgan fingerprint density at radius 3 is 1.86 bits per heavy atom. The molecular formula is C35H28N2O7. The van der Waals surface area contributed by atoms with Crippen molar-refractivity contribution in [3.63, 3.8) is 0 Å². The van der Waals surface area contributed by atoms with Crippen molar-refractivity contribution in [1.29, 1.82) is 0 Å². The van der Waals surface area contributed by atoms with Crippen LogP contribution in [-0.2, 0) is 19.1 Å². The van der Waals surface area contributed by atoms with E-state index in [0.717, 1.165) is 22.3 Å². The van der Waals surface area contributed by atoms with Gasteiger partial charge in [-0.1, -0.05) is 54.6 Å². The van der Waals surface area contributed by atoms with Crippen LogP contribution in [0.1, 0.15) is 44.4 Å². The molecule has 0 aromatic heterocycles. The first kappa shape index (κ1) is 27.4. The number of amides is 3. The molecule has 3 amide bonds. The lowest BCUT2D eigenvalue weighted by atomic mass is 9.55. The van der Waals surface area contributed by atoms with Gasteiger partial charge >= 0.3 is 5.97 Å². The van der Waals surface area contributed by atoms with Gasteiger partial charge in [0.1, 0.15) is 11.5 Å². The Bertz CT molecular complexity index is 1740. The molecule has 0 unspecified atom stereocenters. The Morgan fingerprint density at radius 2 is 1.32 bits per heavy atom. The minimum atomic E-state index is -0.768. The average molecular weight is 589 g/mol. The van der Waals surface area contributed by atoms with Gasteiger partial charge in [0.25, 0.3) is 5.91 Å². The number of anilines is 2. The zero-order valence-corrected chi connectivity index (χ0v) is 24.0. The normalized spacial score (nSPS) is 20.8. The highest BCUT2D eigenvalue weighted by Crippen LogP contribution is 2.61. The topological polar surface area (TPSA) is 111 Å². The Balaban J connectivity index is 1.11. The van der Waals surface area contributed by atoms with E-state index in [1.807, 2.05) is 24.3 Å². The lowest BCUT2D eigenvalue weighted by molar-refractivity contribution is -0.122. The Kier molecular flexibility index (Phi) is 6.65. The van der Waals surface area contributed by atoms with Crippen molar-refractivity contribution in [2.24, 2.45) is 11.8 Å². The molecule has 1 saturated heterocycles. The maximum atomic E-state index is 14.0. The number of ether oxygens (including phenoxy) is 3. The first-order valence-electron chi connectivity index (χ1n) is 14.3. The van der Waals surface area contributed by atoms with Gasteiger partial charge in [-0.15, -0.1) is 0 Å². The number of hydrogen-bond donors (Lipinski definition) is 1. The van der Waals surface area contributed by atoms with Crippen LogP contribution in [0.25, 0.3) is 0 Å². The van der Waals surface area contributed by atoms with Gasteiger partial charge in [-0.05, 0) is 52.6 Å². The summed E-state index contributed by atoms with van der Waals surface area (Å²) in [4.78, 5) is 54.9. The highest BCUT2D eigenvalue weighted by atomic mass is 16.5. The number of nitrogens with zero attached hydrogens (tertiary/aromatic N) is 1. The molecule has 4 aromatic rings. The molecule has 0 spiro atoms. The molecule has 1 aliphatic heterocycles. The van der Waals surface area contributed by atoms with Gasteiger partial charge in [-0.2, -0.15) is 0 Å². The predicted octanol–water partition coefficient (Wildman–Crippen LogP) is 4.90. The third-order valence-corrected chi connectivity index (χ3v) is 8.80. The van der Waals surface area contributed by atoms with Crippen molar-refractivity contribution in [2.75, 3.05) is 31.0 Å². The van der Waals surface area contributed by atoms with Crippen LogP contribution in [0.3, 0.4) is 0 Å². The summed E-state index contributed by atoms with van der Waals surface area (Å²) in [6.45, 7) is -0.560. The molecule has 4 aromatic carbocycles. The van der Waals surface area contributed by atoms with Gasteiger partial charge in [-0.3, -0.25) is 14.4 Å². The van der Waals surface area contributed by atoms with Crippen molar-refractivity contribution in [3.05, 3.63) is 119 Å². The molecule has 4 aliphatic rings. The zero-order valence-electron chi connectivity index (χ0n) is 24.0. The van der Waals surface area contributed by atoms with Crippen molar-refractivity contribution in [2.45, 2.75) is 11.8 Å². The Morgan fingerprint density at radius 1 is 0.727 bits per heavy atom. The van der Waals surface area contributed by atoms with Crippen LogP contribution < -0.4 is 19.7 Å². The fraction of sp³-hybridized carbons (Fsp3) is 0.200. The van der Waals surface area contributed by atoms with Crippen LogP contribution in [0, 0.1) is 11.8 Å². The highest BCUT2D eigenvalue weighted by molar-refractivity contribution is 6.23. The second kappa shape index (κ2) is 10.7. The van der Waals surface area contributed by atoms with Crippen LogP contribution >= 0.6 is 0 Å². The first-order chi connectivity index (χ1) is 21.4. The summed E-state index contributed by atoms with van der Waals surface area (Å²) < 4.78 is 15.7. The van der Waals surface area contributed by atoms with E-state index in [1.54, 1.807) is 30.3 Å². The lowest BCUT2D eigenvalue weighted by Gasteiger charge is -2.45. The molecule has 9 nitrogen and oxygen atoms in total. The van der Waals surface area contributed by atoms with Gasteiger partial charge in [0.15, 0.2) is 6.61 Å². The first-order valence-corrected chi connectivity index (χ1v) is 14.3. The standard InChI is InChI=1S/C35H28N2O7/c1-42-21-14-15-27(43-2)26(17-21)36-28(38)18-44-35(41)19-8-7-9-20(16-19)37-33(39)31-29-22-10-3-4-11-23(22)30(32(31)34(37)40)25-13-6-5-12-24(25)29/h3-17,29-32H,18H2,1-2H3,(H,36,38)/t29?,30?,31-,32+. The number of rotatable bonds is 7. The molecular weight excluding hydrogens is 560 g/mol. The summed E-state index contributed by atoms with van der Waals surface area (Å²) in [5.74, 6) is -2.51. The van der Waals surface area contributed by atoms with E-state index in [-0.39, 0.29) is 29.2 Å². The molecule has 9 heteroatoms. The summed E-state index contributed by atoms with van der Waals surface area (Å²) in [6.07, 6.45) is 0. The number of methoxy groups -OCH3 is 2.